The summed E-state index contributed by atoms with van der Waals surface area (Å²) in [6, 6.07) is 10.5. The Labute approximate surface area is 165 Å². The summed E-state index contributed by atoms with van der Waals surface area (Å²) in [4.78, 5) is 0. The van der Waals surface area contributed by atoms with Crippen molar-refractivity contribution in [3.8, 4) is 0 Å². The van der Waals surface area contributed by atoms with Crippen LogP contribution >= 0.6 is 11.6 Å². The van der Waals surface area contributed by atoms with Gasteiger partial charge >= 0.3 is 0 Å². The first-order valence-corrected chi connectivity index (χ1v) is 10.9. The van der Waals surface area contributed by atoms with Crippen molar-refractivity contribution in [2.45, 2.75) is 91.1 Å². The van der Waals surface area contributed by atoms with Crippen molar-refractivity contribution in [3.05, 3.63) is 53.1 Å². The first-order valence-electron chi connectivity index (χ1n) is 10.5. The maximum atomic E-state index is 6.48. The fourth-order valence-corrected chi connectivity index (χ4v) is 3.85. The van der Waals surface area contributed by atoms with Crippen LogP contribution in [0.3, 0.4) is 0 Å². The van der Waals surface area contributed by atoms with Gasteiger partial charge in [-0.25, -0.2) is 9.13 Å². The smallest absolute Gasteiger partial charge is 0.233 e. The first kappa shape index (κ1) is 21.0. The highest BCUT2D eigenvalue weighted by molar-refractivity contribution is 6.29. The van der Waals surface area contributed by atoms with Gasteiger partial charge in [-0.1, -0.05) is 88.6 Å². The lowest BCUT2D eigenvalue weighted by molar-refractivity contribution is -0.702. The Balaban J connectivity index is 1.66. The van der Waals surface area contributed by atoms with Crippen molar-refractivity contribution in [1.29, 1.82) is 0 Å². The van der Waals surface area contributed by atoms with E-state index in [2.05, 4.69) is 59.5 Å². The molecule has 0 unspecified atom stereocenters. The van der Waals surface area contributed by atoms with Gasteiger partial charge in [0.15, 0.2) is 0 Å². The van der Waals surface area contributed by atoms with E-state index in [1.807, 2.05) is 0 Å². The van der Waals surface area contributed by atoms with Crippen LogP contribution in [0, 0.1) is 6.92 Å². The van der Waals surface area contributed by atoms with E-state index < -0.39 is 0 Å². The second kappa shape index (κ2) is 12.2. The lowest BCUT2D eigenvalue weighted by Crippen LogP contribution is -2.35. The number of nitrogens with zero attached hydrogens (tertiary/aromatic N) is 2. The van der Waals surface area contributed by atoms with E-state index in [1.54, 1.807) is 0 Å². The number of aromatic nitrogens is 2. The topological polar surface area (TPSA) is 8.81 Å². The zero-order chi connectivity index (χ0) is 18.6. The molecule has 144 valence electrons. The molecule has 26 heavy (non-hydrogen) atoms. The van der Waals surface area contributed by atoms with Gasteiger partial charge in [-0.3, -0.25) is 0 Å². The third-order valence-corrected chi connectivity index (χ3v) is 5.56. The van der Waals surface area contributed by atoms with Gasteiger partial charge in [0.1, 0.15) is 12.7 Å². The van der Waals surface area contributed by atoms with Gasteiger partial charge in [0, 0.05) is 6.92 Å². The van der Waals surface area contributed by atoms with Crippen LogP contribution in [0.25, 0.3) is 0 Å². The number of imidazole rings is 1. The van der Waals surface area contributed by atoms with Gasteiger partial charge in [0.25, 0.3) is 5.82 Å². The molecule has 0 aliphatic rings. The Morgan fingerprint density at radius 1 is 0.846 bits per heavy atom. The molecular formula is C23H36ClN2+. The van der Waals surface area contributed by atoms with E-state index in [0.717, 1.165) is 18.2 Å². The summed E-state index contributed by atoms with van der Waals surface area (Å²) in [5, 5.41) is 0.832. The minimum absolute atomic E-state index is 0.832. The molecule has 0 spiro atoms. The highest BCUT2D eigenvalue weighted by atomic mass is 35.5. The van der Waals surface area contributed by atoms with Crippen LogP contribution in [-0.2, 0) is 13.1 Å². The third kappa shape index (κ3) is 7.15. The Morgan fingerprint density at radius 3 is 2.04 bits per heavy atom. The highest BCUT2D eigenvalue weighted by Crippen LogP contribution is 2.14. The van der Waals surface area contributed by atoms with Crippen molar-refractivity contribution >= 4 is 11.6 Å². The van der Waals surface area contributed by atoms with Gasteiger partial charge in [0.2, 0.25) is 5.15 Å². The number of halogens is 1. The van der Waals surface area contributed by atoms with Crippen molar-refractivity contribution in [2.75, 3.05) is 0 Å². The van der Waals surface area contributed by atoms with Crippen LogP contribution in [-0.4, -0.2) is 4.57 Å². The SMILES string of the molecule is CCCCCCCCCCCC[n+]1cc(Cl)n(Cc2ccccc2)c1C. The van der Waals surface area contributed by atoms with Crippen molar-refractivity contribution in [2.24, 2.45) is 0 Å². The van der Waals surface area contributed by atoms with Crippen LogP contribution in [0.15, 0.2) is 36.5 Å². The van der Waals surface area contributed by atoms with E-state index in [4.69, 9.17) is 11.6 Å². The second-order valence-electron chi connectivity index (χ2n) is 7.45. The third-order valence-electron chi connectivity index (χ3n) is 5.26. The van der Waals surface area contributed by atoms with Crippen molar-refractivity contribution in [3.63, 3.8) is 0 Å². The van der Waals surface area contributed by atoms with E-state index in [-0.39, 0.29) is 0 Å². The molecule has 0 fully saturated rings. The zero-order valence-corrected chi connectivity index (χ0v) is 17.5. The number of aryl methyl sites for hydroxylation is 1. The lowest BCUT2D eigenvalue weighted by Gasteiger charge is -2.03. The molecule has 0 radical (unpaired) electrons. The Bertz CT molecular complexity index is 619. The van der Waals surface area contributed by atoms with E-state index in [9.17, 15) is 0 Å². The number of rotatable bonds is 13. The molecule has 1 aromatic heterocycles. The zero-order valence-electron chi connectivity index (χ0n) is 16.7. The first-order chi connectivity index (χ1) is 12.7. The van der Waals surface area contributed by atoms with E-state index in [1.165, 1.54) is 75.6 Å². The molecule has 0 N–H and O–H groups in total. The maximum Gasteiger partial charge on any atom is 0.254 e. The molecule has 0 atom stereocenters. The monoisotopic (exact) mass is 375 g/mol. The average Bonchev–Trinajstić information content (AvgIpc) is 2.92. The number of hydrogen-bond acceptors (Lipinski definition) is 0. The molecule has 2 aromatic rings. The molecule has 0 saturated carbocycles. The summed E-state index contributed by atoms with van der Waals surface area (Å²) >= 11 is 6.48. The fraction of sp³-hybridized carbons (Fsp3) is 0.609. The van der Waals surface area contributed by atoms with Crippen molar-refractivity contribution < 1.29 is 4.57 Å². The lowest BCUT2D eigenvalue weighted by atomic mass is 10.1. The summed E-state index contributed by atoms with van der Waals surface area (Å²) in [6.45, 7) is 6.37. The summed E-state index contributed by atoms with van der Waals surface area (Å²) < 4.78 is 4.52. The van der Waals surface area contributed by atoms with Crippen LogP contribution in [0.4, 0.5) is 0 Å². The second-order valence-corrected chi connectivity index (χ2v) is 7.83. The molecule has 1 heterocycles. The molecule has 0 aliphatic heterocycles. The fourth-order valence-electron chi connectivity index (χ4n) is 3.55. The molecular weight excluding hydrogens is 340 g/mol. The summed E-state index contributed by atoms with van der Waals surface area (Å²) in [5.74, 6) is 1.25. The molecule has 1 aromatic carbocycles. The van der Waals surface area contributed by atoms with Crippen LogP contribution in [0.1, 0.15) is 82.5 Å². The Hall–Kier alpha value is -1.28. The highest BCUT2D eigenvalue weighted by Gasteiger charge is 2.18. The predicted molar refractivity (Wildman–Crippen MR) is 112 cm³/mol. The van der Waals surface area contributed by atoms with Crippen LogP contribution in [0.5, 0.6) is 0 Å². The van der Waals surface area contributed by atoms with Crippen LogP contribution < -0.4 is 4.57 Å². The minimum atomic E-state index is 0.832. The summed E-state index contributed by atoms with van der Waals surface area (Å²) in [5.41, 5.74) is 1.29. The molecule has 2 nitrogen and oxygen atoms in total. The number of hydrogen-bond donors (Lipinski definition) is 0. The quantitative estimate of drug-likeness (QED) is 0.272. The van der Waals surface area contributed by atoms with Gasteiger partial charge in [-0.05, 0) is 30.0 Å². The Morgan fingerprint density at radius 2 is 1.42 bits per heavy atom. The largest absolute Gasteiger partial charge is 0.254 e. The summed E-state index contributed by atoms with van der Waals surface area (Å²) in [7, 11) is 0. The molecule has 2 rings (SSSR count). The summed E-state index contributed by atoms with van der Waals surface area (Å²) in [6.07, 6.45) is 15.8. The van der Waals surface area contributed by atoms with Crippen LogP contribution in [0.2, 0.25) is 5.15 Å². The average molecular weight is 376 g/mol. The van der Waals surface area contributed by atoms with Gasteiger partial charge in [0.05, 0.1) is 6.54 Å². The minimum Gasteiger partial charge on any atom is -0.233 e. The van der Waals surface area contributed by atoms with E-state index in [0.29, 0.717) is 0 Å². The maximum absolute atomic E-state index is 6.48. The normalized spacial score (nSPS) is 11.2. The molecule has 0 saturated heterocycles. The molecule has 0 bridgehead atoms. The van der Waals surface area contributed by atoms with Crippen molar-refractivity contribution in [1.82, 2.24) is 4.57 Å². The molecule has 0 aliphatic carbocycles. The van der Waals surface area contributed by atoms with Gasteiger partial charge in [-0.2, -0.15) is 0 Å². The van der Waals surface area contributed by atoms with E-state index >= 15 is 0 Å². The Kier molecular flexibility index (Phi) is 9.84. The number of benzene rings is 1. The van der Waals surface area contributed by atoms with Gasteiger partial charge < -0.3 is 0 Å². The molecule has 0 amide bonds. The predicted octanol–water partition coefficient (Wildman–Crippen LogP) is 6.71. The standard InChI is InChI=1S/C23H36ClN2/c1-3-4-5-6-7-8-9-10-11-15-18-25-20-23(24)26(21(25)2)19-22-16-13-12-14-17-22/h12-14,16-17,20H,3-11,15,18-19H2,1-2H3/q+1. The number of unbranched alkanes of at least 4 members (excludes halogenated alkanes) is 9. The molecule has 3 heteroatoms. The van der Waals surface area contributed by atoms with Gasteiger partial charge in [-0.15, -0.1) is 0 Å².